The van der Waals surface area contributed by atoms with Crippen LogP contribution in [0.5, 0.6) is 0 Å². The van der Waals surface area contributed by atoms with Gasteiger partial charge in [-0.2, -0.15) is 0 Å². The van der Waals surface area contributed by atoms with Crippen molar-refractivity contribution in [3.63, 3.8) is 0 Å². The number of hydrogen-bond acceptors (Lipinski definition) is 8. The molecule has 5 heterocycles. The molecule has 4 aromatic rings. The van der Waals surface area contributed by atoms with E-state index in [9.17, 15) is 9.59 Å². The Balaban J connectivity index is 1.03. The van der Waals surface area contributed by atoms with E-state index in [1.165, 1.54) is 12.3 Å². The van der Waals surface area contributed by atoms with E-state index in [0.717, 1.165) is 47.5 Å². The number of aryl methyl sites for hydroxylation is 1. The number of aromatic nitrogens is 3. The minimum absolute atomic E-state index is 0.0368. The Morgan fingerprint density at radius 2 is 2.05 bits per heavy atom. The van der Waals surface area contributed by atoms with E-state index in [1.807, 2.05) is 31.2 Å². The van der Waals surface area contributed by atoms with Crippen molar-refractivity contribution in [2.75, 3.05) is 44.4 Å². The molecule has 1 aromatic carbocycles. The van der Waals surface area contributed by atoms with Gasteiger partial charge in [0, 0.05) is 63.2 Å². The van der Waals surface area contributed by atoms with Crippen molar-refractivity contribution in [1.29, 1.82) is 0 Å². The van der Waals surface area contributed by atoms with Crippen LogP contribution in [0.1, 0.15) is 57.3 Å². The molecule has 0 aliphatic carbocycles. The van der Waals surface area contributed by atoms with E-state index < -0.39 is 17.1 Å². The number of carbonyl (C=O) groups excluding carboxylic acids is 1. The molecule has 0 saturated carbocycles. The van der Waals surface area contributed by atoms with E-state index in [4.69, 9.17) is 23.9 Å². The van der Waals surface area contributed by atoms with Crippen LogP contribution < -0.4 is 10.5 Å². The highest BCUT2D eigenvalue weighted by atomic mass is 19.1. The second kappa shape index (κ2) is 13.0. The number of halogens is 1. The fourth-order valence-electron chi connectivity index (χ4n) is 6.51. The molecule has 3 atom stereocenters. The number of H-pyrrole nitrogens is 1. The molecule has 6 rings (SSSR count). The maximum Gasteiger partial charge on any atom is 0.254 e. The smallest absolute Gasteiger partial charge is 0.254 e. The Labute approximate surface area is 255 Å². The van der Waals surface area contributed by atoms with Gasteiger partial charge in [0.05, 0.1) is 18.6 Å². The van der Waals surface area contributed by atoms with Gasteiger partial charge in [-0.3, -0.25) is 9.59 Å². The molecule has 0 spiro atoms. The molecule has 2 aliphatic rings. The fraction of sp³-hybridized carbons (Fsp3) is 0.515. The number of alkyl halides is 1. The predicted octanol–water partition coefficient (Wildman–Crippen LogP) is 5.10. The molecule has 2 aliphatic heterocycles. The van der Waals surface area contributed by atoms with Gasteiger partial charge in [0.15, 0.2) is 11.4 Å². The Morgan fingerprint density at radius 3 is 2.86 bits per heavy atom. The quantitative estimate of drug-likeness (QED) is 0.235. The van der Waals surface area contributed by atoms with Gasteiger partial charge in [0.25, 0.3) is 5.56 Å². The van der Waals surface area contributed by atoms with E-state index in [0.29, 0.717) is 31.6 Å². The summed E-state index contributed by atoms with van der Waals surface area (Å²) >= 11 is 0. The number of rotatable bonds is 11. The number of hydrogen-bond donors (Lipinski definition) is 1. The Bertz CT molecular complexity index is 1670. The molecule has 1 amide bonds. The minimum atomic E-state index is -1.76. The average Bonchev–Trinajstić information content (AvgIpc) is 3.65. The molecule has 3 aromatic heterocycles. The first-order valence-electron chi connectivity index (χ1n) is 15.7. The largest absolute Gasteiger partial charge is 0.450 e. The molecule has 0 unspecified atom stereocenters. The summed E-state index contributed by atoms with van der Waals surface area (Å²) < 4.78 is 33.9. The lowest BCUT2D eigenvalue weighted by atomic mass is 9.79. The monoisotopic (exact) mass is 605 g/mol. The van der Waals surface area contributed by atoms with E-state index in [2.05, 4.69) is 9.88 Å². The Kier molecular flexibility index (Phi) is 8.95. The summed E-state index contributed by atoms with van der Waals surface area (Å²) in [5.74, 6) is 0.924. The number of nitrogens with one attached hydrogen (secondary N) is 1. The number of benzene rings is 1. The summed E-state index contributed by atoms with van der Waals surface area (Å²) in [5.41, 5.74) is 0.232. The lowest BCUT2D eigenvalue weighted by Crippen LogP contribution is -2.50. The SMILES string of the molecule is CCO[C@@H]1CCCN1c1nc(CCCOCCC(=O)N2CC[C@](F)(c3ccc[nH]c3=O)[C@@H](C)C2)nc2c1oc1ccccc12. The molecule has 0 radical (unpaired) electrons. The topological polar surface area (TPSA) is 114 Å². The molecular weight excluding hydrogens is 565 g/mol. The highest BCUT2D eigenvalue weighted by Gasteiger charge is 2.45. The van der Waals surface area contributed by atoms with Crippen LogP contribution in [0, 0.1) is 5.92 Å². The highest BCUT2D eigenvalue weighted by molar-refractivity contribution is 6.05. The molecule has 44 heavy (non-hydrogen) atoms. The number of carbonyl (C=O) groups is 1. The maximum atomic E-state index is 15.8. The zero-order valence-electron chi connectivity index (χ0n) is 25.4. The Morgan fingerprint density at radius 1 is 1.18 bits per heavy atom. The van der Waals surface area contributed by atoms with Crippen LogP contribution in [-0.4, -0.2) is 71.4 Å². The number of furan rings is 1. The maximum absolute atomic E-state index is 15.8. The van der Waals surface area contributed by atoms with Gasteiger partial charge in [0.2, 0.25) is 5.91 Å². The van der Waals surface area contributed by atoms with Crippen molar-refractivity contribution >= 4 is 33.8 Å². The van der Waals surface area contributed by atoms with E-state index in [1.54, 1.807) is 17.9 Å². The van der Waals surface area contributed by atoms with Crippen LogP contribution >= 0.6 is 0 Å². The number of anilines is 1. The third kappa shape index (κ3) is 5.95. The van der Waals surface area contributed by atoms with Gasteiger partial charge >= 0.3 is 0 Å². The minimum Gasteiger partial charge on any atom is -0.450 e. The summed E-state index contributed by atoms with van der Waals surface area (Å²) in [5, 5.41) is 0.960. The summed E-state index contributed by atoms with van der Waals surface area (Å²) in [6.45, 7) is 6.49. The second-order valence-corrected chi connectivity index (χ2v) is 11.7. The third-order valence-corrected chi connectivity index (χ3v) is 8.87. The first-order valence-corrected chi connectivity index (χ1v) is 15.7. The van der Waals surface area contributed by atoms with Crippen LogP contribution in [0.4, 0.5) is 10.2 Å². The zero-order valence-corrected chi connectivity index (χ0v) is 25.4. The van der Waals surface area contributed by atoms with Crippen molar-refractivity contribution in [2.45, 2.75) is 64.3 Å². The van der Waals surface area contributed by atoms with Crippen LogP contribution in [0.15, 0.2) is 51.8 Å². The van der Waals surface area contributed by atoms with Gasteiger partial charge in [-0.25, -0.2) is 14.4 Å². The van der Waals surface area contributed by atoms with Gasteiger partial charge in [-0.15, -0.1) is 0 Å². The van der Waals surface area contributed by atoms with E-state index in [-0.39, 0.29) is 50.2 Å². The lowest BCUT2D eigenvalue weighted by Gasteiger charge is -2.41. The Hall–Kier alpha value is -3.83. The number of likely N-dealkylation sites (tertiary alicyclic amines) is 1. The van der Waals surface area contributed by atoms with Crippen molar-refractivity contribution in [3.05, 3.63) is 64.3 Å². The summed E-state index contributed by atoms with van der Waals surface area (Å²) in [6.07, 6.45) is 5.05. The first kappa shape index (κ1) is 30.2. The van der Waals surface area contributed by atoms with Crippen LogP contribution in [0.2, 0.25) is 0 Å². The molecule has 1 N–H and O–H groups in total. The normalized spacial score (nSPS) is 22.3. The van der Waals surface area contributed by atoms with Crippen molar-refractivity contribution < 1.29 is 23.1 Å². The lowest BCUT2D eigenvalue weighted by molar-refractivity contribution is -0.137. The van der Waals surface area contributed by atoms with Gasteiger partial charge in [0.1, 0.15) is 28.8 Å². The molecule has 11 heteroatoms. The highest BCUT2D eigenvalue weighted by Crippen LogP contribution is 2.40. The summed E-state index contributed by atoms with van der Waals surface area (Å²) in [4.78, 5) is 41.3. The number of piperidine rings is 1. The van der Waals surface area contributed by atoms with Crippen molar-refractivity contribution in [2.24, 2.45) is 5.92 Å². The van der Waals surface area contributed by atoms with Gasteiger partial charge < -0.3 is 28.7 Å². The standard InChI is InChI=1S/C33H40FN5O5/c1-3-43-28-13-7-17-39(28)31-30-29(23-9-4-5-11-25(23)44-30)36-26(37-31)12-8-19-42-20-14-27(40)38-18-15-33(34,22(2)21-38)24-10-6-16-35-32(24)41/h4-6,9-11,16,22,28H,3,7-8,12-15,17-21H2,1-2H3,(H,35,41)/t22-,28+,33+/m0/s1. The third-order valence-electron chi connectivity index (χ3n) is 8.87. The first-order chi connectivity index (χ1) is 21.4. The van der Waals surface area contributed by atoms with Crippen molar-refractivity contribution in [3.8, 4) is 0 Å². The van der Waals surface area contributed by atoms with Crippen LogP contribution in [-0.2, 0) is 26.4 Å². The number of para-hydroxylation sites is 1. The number of aromatic amines is 1. The number of nitrogens with zero attached hydrogens (tertiary/aromatic N) is 4. The van der Waals surface area contributed by atoms with Gasteiger partial charge in [-0.05, 0) is 50.5 Å². The number of amides is 1. The molecule has 10 nitrogen and oxygen atoms in total. The molecule has 2 saturated heterocycles. The summed E-state index contributed by atoms with van der Waals surface area (Å²) in [7, 11) is 0. The fourth-order valence-corrected chi connectivity index (χ4v) is 6.51. The molecule has 2 fully saturated rings. The number of fused-ring (bicyclic) bond motifs is 3. The second-order valence-electron chi connectivity index (χ2n) is 11.7. The average molecular weight is 606 g/mol. The number of ether oxygens (including phenoxy) is 2. The predicted molar refractivity (Wildman–Crippen MR) is 165 cm³/mol. The van der Waals surface area contributed by atoms with Crippen LogP contribution in [0.3, 0.4) is 0 Å². The van der Waals surface area contributed by atoms with Crippen molar-refractivity contribution in [1.82, 2.24) is 19.9 Å². The zero-order chi connectivity index (χ0) is 30.7. The molecule has 0 bridgehead atoms. The summed E-state index contributed by atoms with van der Waals surface area (Å²) in [6, 6.07) is 11.1. The molecule has 234 valence electrons. The van der Waals surface area contributed by atoms with Crippen LogP contribution in [0.25, 0.3) is 22.1 Å². The molecular formula is C33H40FN5O5. The number of pyridine rings is 1. The van der Waals surface area contributed by atoms with Gasteiger partial charge in [-0.1, -0.05) is 19.1 Å². The van der Waals surface area contributed by atoms with E-state index >= 15 is 4.39 Å².